The van der Waals surface area contributed by atoms with Crippen LogP contribution in [-0.2, 0) is 0 Å². The number of hydrazone groups is 1. The van der Waals surface area contributed by atoms with Crippen LogP contribution in [0.25, 0.3) is 10.0 Å². The van der Waals surface area contributed by atoms with E-state index in [-0.39, 0.29) is 5.00 Å². The van der Waals surface area contributed by atoms with Crippen molar-refractivity contribution in [3.8, 4) is 10.0 Å². The topological polar surface area (TPSA) is 84.5 Å². The predicted molar refractivity (Wildman–Crippen MR) is 86.4 cm³/mol. The molecule has 21 heavy (non-hydrogen) atoms. The van der Waals surface area contributed by atoms with Gasteiger partial charge in [0.2, 0.25) is 0 Å². The number of rotatable bonds is 4. The van der Waals surface area contributed by atoms with E-state index in [4.69, 9.17) is 0 Å². The zero-order chi connectivity index (χ0) is 14.7. The molecule has 1 aliphatic rings. The molecule has 2 aromatic rings. The molecular formula is C11H11N5O2S3. The normalized spacial score (nSPS) is 15.7. The summed E-state index contributed by atoms with van der Waals surface area (Å²) in [6.07, 6.45) is 3.00. The van der Waals surface area contributed by atoms with Crippen LogP contribution in [-0.4, -0.2) is 50.7 Å². The number of hydrogen-bond donors (Lipinski definition) is 0. The third-order valence-electron chi connectivity index (χ3n) is 2.72. The summed E-state index contributed by atoms with van der Waals surface area (Å²) in [5.74, 6) is 2.20. The molecule has 3 rings (SSSR count). The van der Waals surface area contributed by atoms with Crippen molar-refractivity contribution >= 4 is 45.7 Å². The number of thioether (sulfide) groups is 1. The molecule has 1 fully saturated rings. The van der Waals surface area contributed by atoms with Gasteiger partial charge < -0.3 is 0 Å². The second-order valence-electron chi connectivity index (χ2n) is 4.15. The van der Waals surface area contributed by atoms with Gasteiger partial charge in [0.15, 0.2) is 10.0 Å². The Kier molecular flexibility index (Phi) is 4.46. The van der Waals surface area contributed by atoms with E-state index in [9.17, 15) is 10.1 Å². The Balaban J connectivity index is 1.70. The fourth-order valence-corrected chi connectivity index (χ4v) is 4.13. The summed E-state index contributed by atoms with van der Waals surface area (Å²) in [5.41, 5.74) is 0.756. The molecule has 3 heterocycles. The number of aromatic nitrogens is 2. The molecule has 0 aromatic carbocycles. The van der Waals surface area contributed by atoms with Crippen LogP contribution in [0.15, 0.2) is 16.7 Å². The van der Waals surface area contributed by atoms with Gasteiger partial charge in [0.1, 0.15) is 6.20 Å². The van der Waals surface area contributed by atoms with Gasteiger partial charge in [-0.3, -0.25) is 15.1 Å². The maximum absolute atomic E-state index is 10.7. The molecule has 110 valence electrons. The van der Waals surface area contributed by atoms with Crippen molar-refractivity contribution in [2.75, 3.05) is 24.6 Å². The smallest absolute Gasteiger partial charge is 0.295 e. The summed E-state index contributed by atoms with van der Waals surface area (Å²) in [7, 11) is 0. The van der Waals surface area contributed by atoms with Crippen molar-refractivity contribution in [3.05, 3.63) is 27.4 Å². The van der Waals surface area contributed by atoms with Crippen molar-refractivity contribution < 1.29 is 4.92 Å². The van der Waals surface area contributed by atoms with E-state index in [1.165, 1.54) is 17.5 Å². The highest BCUT2D eigenvalue weighted by atomic mass is 32.2. The lowest BCUT2D eigenvalue weighted by molar-refractivity contribution is -0.380. The Morgan fingerprint density at radius 3 is 2.90 bits per heavy atom. The minimum Gasteiger partial charge on any atom is -0.295 e. The molecule has 2 aromatic heterocycles. The second kappa shape index (κ2) is 6.50. The SMILES string of the molecule is O=[N+]([O-])c1cnc(-c2nc(/C=N\N3CCSCC3)cs2)s1. The lowest BCUT2D eigenvalue weighted by Crippen LogP contribution is -2.27. The van der Waals surface area contributed by atoms with Crippen LogP contribution in [0.2, 0.25) is 0 Å². The molecule has 0 unspecified atom stereocenters. The van der Waals surface area contributed by atoms with Gasteiger partial charge in [-0.15, -0.1) is 11.3 Å². The fourth-order valence-electron chi connectivity index (χ4n) is 1.70. The van der Waals surface area contributed by atoms with Gasteiger partial charge in [-0.1, -0.05) is 0 Å². The van der Waals surface area contributed by atoms with E-state index in [1.807, 2.05) is 22.2 Å². The lowest BCUT2D eigenvalue weighted by atomic mass is 10.5. The number of thiazole rings is 2. The highest BCUT2D eigenvalue weighted by Crippen LogP contribution is 2.31. The quantitative estimate of drug-likeness (QED) is 0.483. The van der Waals surface area contributed by atoms with Gasteiger partial charge in [-0.05, 0) is 11.3 Å². The fraction of sp³-hybridized carbons (Fsp3) is 0.364. The largest absolute Gasteiger partial charge is 0.344 e. The van der Waals surface area contributed by atoms with Crippen molar-refractivity contribution in [2.24, 2.45) is 5.10 Å². The third kappa shape index (κ3) is 3.57. The first-order valence-corrected chi connectivity index (χ1v) is 9.00. The highest BCUT2D eigenvalue weighted by molar-refractivity contribution is 7.99. The molecule has 0 N–H and O–H groups in total. The molecule has 0 atom stereocenters. The highest BCUT2D eigenvalue weighted by Gasteiger charge is 2.15. The maximum atomic E-state index is 10.7. The van der Waals surface area contributed by atoms with E-state index in [1.54, 1.807) is 6.21 Å². The third-order valence-corrected chi connectivity index (χ3v) is 5.61. The van der Waals surface area contributed by atoms with Crippen LogP contribution in [0.3, 0.4) is 0 Å². The van der Waals surface area contributed by atoms with Crippen molar-refractivity contribution in [1.29, 1.82) is 0 Å². The Hall–Kier alpha value is -1.52. The zero-order valence-electron chi connectivity index (χ0n) is 10.8. The zero-order valence-corrected chi connectivity index (χ0v) is 13.3. The van der Waals surface area contributed by atoms with Crippen LogP contribution in [0.5, 0.6) is 0 Å². The molecule has 0 saturated carbocycles. The predicted octanol–water partition coefficient (Wildman–Crippen LogP) is 2.56. The Morgan fingerprint density at radius 1 is 1.38 bits per heavy atom. The summed E-state index contributed by atoms with van der Waals surface area (Å²) in [5, 5.41) is 20.3. The van der Waals surface area contributed by atoms with E-state index in [0.717, 1.165) is 41.6 Å². The van der Waals surface area contributed by atoms with Crippen molar-refractivity contribution in [1.82, 2.24) is 15.0 Å². The average molecular weight is 341 g/mol. The molecule has 0 spiro atoms. The summed E-state index contributed by atoms with van der Waals surface area (Å²) >= 11 is 4.38. The molecule has 0 aliphatic carbocycles. The molecule has 0 bridgehead atoms. The molecule has 0 amide bonds. The van der Waals surface area contributed by atoms with E-state index < -0.39 is 4.92 Å². The van der Waals surface area contributed by atoms with Crippen molar-refractivity contribution in [3.63, 3.8) is 0 Å². The van der Waals surface area contributed by atoms with E-state index in [2.05, 4.69) is 15.1 Å². The van der Waals surface area contributed by atoms with Gasteiger partial charge in [-0.2, -0.15) is 16.9 Å². The van der Waals surface area contributed by atoms with E-state index >= 15 is 0 Å². The average Bonchev–Trinajstić information content (AvgIpc) is 3.15. The minimum absolute atomic E-state index is 0.0289. The Bertz CT molecular complexity index is 662. The van der Waals surface area contributed by atoms with Gasteiger partial charge in [-0.25, -0.2) is 9.97 Å². The van der Waals surface area contributed by atoms with Crippen LogP contribution in [0, 0.1) is 10.1 Å². The maximum Gasteiger partial charge on any atom is 0.344 e. The standard InChI is InChI=1S/C11H11N5O2S3/c17-16(18)9-6-12-10(21-9)11-14-8(7-20-11)5-13-15-1-3-19-4-2-15/h5-7H,1-4H2/b13-5-. The summed E-state index contributed by atoms with van der Waals surface area (Å²) < 4.78 is 0. The summed E-state index contributed by atoms with van der Waals surface area (Å²) in [6, 6.07) is 0. The molecule has 0 radical (unpaired) electrons. The molecule has 7 nitrogen and oxygen atoms in total. The first-order valence-electron chi connectivity index (χ1n) is 6.15. The van der Waals surface area contributed by atoms with Gasteiger partial charge in [0.25, 0.3) is 0 Å². The van der Waals surface area contributed by atoms with Gasteiger partial charge >= 0.3 is 5.00 Å². The van der Waals surface area contributed by atoms with E-state index in [0.29, 0.717) is 10.0 Å². The first kappa shape index (κ1) is 14.4. The summed E-state index contributed by atoms with van der Waals surface area (Å²) in [6.45, 7) is 1.91. The van der Waals surface area contributed by atoms with Crippen LogP contribution in [0.4, 0.5) is 5.00 Å². The number of hydrogen-bond acceptors (Lipinski definition) is 9. The Labute approximate surface area is 132 Å². The van der Waals surface area contributed by atoms with Crippen LogP contribution in [0.1, 0.15) is 5.69 Å². The number of nitrogens with zero attached hydrogens (tertiary/aromatic N) is 5. The second-order valence-corrected chi connectivity index (χ2v) is 7.24. The van der Waals surface area contributed by atoms with Crippen molar-refractivity contribution in [2.45, 2.75) is 0 Å². The minimum atomic E-state index is -0.439. The summed E-state index contributed by atoms with van der Waals surface area (Å²) in [4.78, 5) is 18.7. The van der Waals surface area contributed by atoms with Gasteiger partial charge in [0, 0.05) is 30.0 Å². The molecule has 1 aliphatic heterocycles. The number of nitro groups is 1. The molecule has 10 heteroatoms. The van der Waals surface area contributed by atoms with Crippen LogP contribution >= 0.6 is 34.4 Å². The Morgan fingerprint density at radius 2 is 2.19 bits per heavy atom. The lowest BCUT2D eigenvalue weighted by Gasteiger charge is -2.22. The monoisotopic (exact) mass is 341 g/mol. The first-order chi connectivity index (χ1) is 10.2. The van der Waals surface area contributed by atoms with Crippen LogP contribution < -0.4 is 0 Å². The van der Waals surface area contributed by atoms with Gasteiger partial charge in [0.05, 0.1) is 16.8 Å². The molecule has 1 saturated heterocycles. The molecular weight excluding hydrogens is 330 g/mol.